The third-order valence-corrected chi connectivity index (χ3v) is 6.87. The van der Waals surface area contributed by atoms with Gasteiger partial charge in [-0.15, -0.1) is 0 Å². The summed E-state index contributed by atoms with van der Waals surface area (Å²) in [5.74, 6) is 0. The topological polar surface area (TPSA) is 0 Å². The normalized spacial score (nSPS) is 10.4. The lowest BCUT2D eigenvalue weighted by Gasteiger charge is -2.17. The second-order valence-electron chi connectivity index (χ2n) is 6.71. The molecule has 0 atom stereocenters. The van der Waals surface area contributed by atoms with Crippen LogP contribution < -0.4 is 43.8 Å². The van der Waals surface area contributed by atoms with Gasteiger partial charge in [0.1, 0.15) is 0 Å². The van der Waals surface area contributed by atoms with Crippen LogP contribution in [0, 0.1) is 10.7 Å². The average Bonchev–Trinajstić information content (AvgIpc) is 2.63. The highest BCUT2D eigenvalue weighted by Gasteiger charge is 2.13. The van der Waals surface area contributed by atoms with E-state index < -0.39 is 6.68 Å². The first-order chi connectivity index (χ1) is 13.2. The Labute approximate surface area is 190 Å². The standard InChI is InChI=1S/C12H10I.C10H14I.CHF3/c1-3-7-11(8-4-1)13-12-9-5-2-6-10-12;1-10(2,3)8-4-6-9(11)7-5-8;2-1(3)4/h1-10H;4-7,11H,1-3H3;1H/q2*+1;. The maximum absolute atomic E-state index is 9.67. The van der Waals surface area contributed by atoms with Crippen LogP contribution in [0.2, 0.25) is 0 Å². The van der Waals surface area contributed by atoms with Crippen LogP contribution in [0.25, 0.3) is 0 Å². The van der Waals surface area contributed by atoms with Gasteiger partial charge in [0.05, 0.1) is 0 Å². The Kier molecular flexibility index (Phi) is 11.8. The van der Waals surface area contributed by atoms with Crippen LogP contribution >= 0.6 is 0 Å². The molecule has 0 amide bonds. The molecule has 0 bridgehead atoms. The Balaban J connectivity index is 0.000000239. The highest BCUT2D eigenvalue weighted by Crippen LogP contribution is 2.20. The number of hydrogen-bond acceptors (Lipinski definition) is 0. The molecule has 0 aromatic heterocycles. The van der Waals surface area contributed by atoms with Crippen molar-refractivity contribution >= 4 is 0 Å². The summed E-state index contributed by atoms with van der Waals surface area (Å²) in [5.41, 5.74) is 1.69. The predicted octanol–water partition coefficient (Wildman–Crippen LogP) is 0.433. The van der Waals surface area contributed by atoms with Crippen molar-refractivity contribution in [3.05, 3.63) is 101 Å². The second kappa shape index (κ2) is 13.2. The van der Waals surface area contributed by atoms with Crippen molar-refractivity contribution in [3.63, 3.8) is 0 Å². The van der Waals surface area contributed by atoms with E-state index in [1.165, 1.54) is 16.3 Å². The summed E-state index contributed by atoms with van der Waals surface area (Å²) < 4.78 is 33.3. The van der Waals surface area contributed by atoms with E-state index in [-0.39, 0.29) is 26.6 Å². The van der Waals surface area contributed by atoms with Crippen LogP contribution in [0.4, 0.5) is 13.2 Å². The number of hydrogen-bond donors (Lipinski definition) is 0. The number of benzene rings is 3. The number of rotatable bonds is 2. The van der Waals surface area contributed by atoms with E-state index in [4.69, 9.17) is 0 Å². The minimum atomic E-state index is -3.67. The molecular weight excluding hydrogens is 587 g/mol. The fourth-order valence-electron chi connectivity index (χ4n) is 2.04. The van der Waals surface area contributed by atoms with Crippen molar-refractivity contribution in [2.45, 2.75) is 32.9 Å². The Morgan fingerprint density at radius 1 is 0.679 bits per heavy atom. The molecule has 3 aromatic carbocycles. The highest BCUT2D eigenvalue weighted by atomic mass is 127. The van der Waals surface area contributed by atoms with E-state index in [0.29, 0.717) is 0 Å². The number of alkyl halides is 3. The Morgan fingerprint density at radius 2 is 1.04 bits per heavy atom. The quantitative estimate of drug-likeness (QED) is 0.369. The maximum Gasteiger partial charge on any atom is 0.379 e. The van der Waals surface area contributed by atoms with Crippen LogP contribution in [-0.4, -0.2) is 6.68 Å². The maximum atomic E-state index is 9.67. The Hall–Kier alpha value is -1.09. The third-order valence-electron chi connectivity index (χ3n) is 3.40. The first-order valence-electron chi connectivity index (χ1n) is 8.63. The van der Waals surface area contributed by atoms with E-state index in [9.17, 15) is 13.2 Å². The molecule has 0 saturated carbocycles. The van der Waals surface area contributed by atoms with Crippen LogP contribution in [0.15, 0.2) is 84.9 Å². The third kappa shape index (κ3) is 11.7. The molecule has 28 heavy (non-hydrogen) atoms. The van der Waals surface area contributed by atoms with Gasteiger partial charge >= 0.3 is 27.9 Å². The largest absolute Gasteiger partial charge is 0.379 e. The first-order valence-corrected chi connectivity index (χ1v) is 12.0. The van der Waals surface area contributed by atoms with E-state index in [1.54, 1.807) is 0 Å². The molecule has 150 valence electrons. The molecule has 0 heterocycles. The smallest absolute Gasteiger partial charge is 0.174 e. The molecule has 0 aliphatic heterocycles. The Bertz CT molecular complexity index is 728. The predicted molar refractivity (Wildman–Crippen MR) is 103 cm³/mol. The van der Waals surface area contributed by atoms with Gasteiger partial charge in [-0.3, -0.25) is 0 Å². The summed E-state index contributed by atoms with van der Waals surface area (Å²) in [4.78, 5) is 0. The van der Waals surface area contributed by atoms with Gasteiger partial charge in [-0.2, -0.15) is 13.2 Å². The summed E-state index contributed by atoms with van der Waals surface area (Å²) in [6.07, 6.45) is 0. The van der Waals surface area contributed by atoms with Gasteiger partial charge in [0.2, 0.25) is 0 Å². The van der Waals surface area contributed by atoms with Gasteiger partial charge in [0.15, 0.2) is 10.7 Å². The Morgan fingerprint density at radius 3 is 1.36 bits per heavy atom. The van der Waals surface area contributed by atoms with E-state index in [1.807, 2.05) is 22.6 Å². The summed E-state index contributed by atoms with van der Waals surface area (Å²) in [6.45, 7) is 3.04. The highest BCUT2D eigenvalue weighted by molar-refractivity contribution is 5.21. The molecule has 0 aliphatic carbocycles. The van der Waals surface area contributed by atoms with Gasteiger partial charge in [-0.1, -0.05) is 69.3 Å². The molecule has 3 rings (SSSR count). The van der Waals surface area contributed by atoms with Crippen LogP contribution in [0.1, 0.15) is 26.3 Å². The average molecular weight is 612 g/mol. The van der Waals surface area contributed by atoms with Gasteiger partial charge in [-0.05, 0) is 47.4 Å². The molecule has 0 N–H and O–H groups in total. The lowest BCUT2D eigenvalue weighted by molar-refractivity contribution is -0.597. The van der Waals surface area contributed by atoms with E-state index in [0.717, 1.165) is 0 Å². The fourth-order valence-corrected chi connectivity index (χ4v) is 4.69. The van der Waals surface area contributed by atoms with Crippen molar-refractivity contribution in [1.82, 2.24) is 0 Å². The summed E-state index contributed by atoms with van der Waals surface area (Å²) >= 11 is 2.08. The van der Waals surface area contributed by atoms with Crippen LogP contribution in [-0.2, 0) is 5.41 Å². The summed E-state index contributed by atoms with van der Waals surface area (Å²) in [5, 5.41) is 0. The molecule has 5 heteroatoms. The zero-order valence-corrected chi connectivity index (χ0v) is 20.6. The summed E-state index contributed by atoms with van der Waals surface area (Å²) in [6, 6.07) is 30.2. The second-order valence-corrected chi connectivity index (χ2v) is 11.1. The zero-order valence-electron chi connectivity index (χ0n) is 16.1. The molecule has 0 spiro atoms. The van der Waals surface area contributed by atoms with Gasteiger partial charge in [0, 0.05) is 0 Å². The number of halogens is 5. The van der Waals surface area contributed by atoms with Crippen molar-refractivity contribution in [1.29, 1.82) is 0 Å². The molecule has 0 nitrogen and oxygen atoms in total. The van der Waals surface area contributed by atoms with E-state index >= 15 is 0 Å². The van der Waals surface area contributed by atoms with Crippen LogP contribution in [0.5, 0.6) is 0 Å². The van der Waals surface area contributed by atoms with Crippen molar-refractivity contribution in [2.75, 3.05) is 0 Å². The fraction of sp³-hybridized carbons (Fsp3) is 0.217. The molecule has 0 aliphatic rings. The summed E-state index contributed by atoms with van der Waals surface area (Å²) in [7, 11) is 0. The van der Waals surface area contributed by atoms with Gasteiger partial charge < -0.3 is 0 Å². The lowest BCUT2D eigenvalue weighted by Crippen LogP contribution is -3.61. The van der Waals surface area contributed by atoms with Crippen molar-refractivity contribution in [2.24, 2.45) is 0 Å². The first kappa shape index (κ1) is 24.9. The van der Waals surface area contributed by atoms with Crippen LogP contribution in [0.3, 0.4) is 0 Å². The minimum Gasteiger partial charge on any atom is -0.174 e. The molecule has 0 fully saturated rings. The minimum absolute atomic E-state index is 0.0287. The zero-order chi connectivity index (χ0) is 21.0. The SMILES string of the molecule is CC(C)(C)c1ccc([IH+])cc1.FC(F)F.c1ccc([I+]c2ccccc2)cc1. The van der Waals surface area contributed by atoms with Crippen molar-refractivity contribution in [3.8, 4) is 0 Å². The van der Waals surface area contributed by atoms with Gasteiger partial charge in [-0.25, -0.2) is 0 Å². The van der Waals surface area contributed by atoms with E-state index in [2.05, 4.69) is 106 Å². The molecule has 0 unspecified atom stereocenters. The molecular formula is C23H25F3I2+2. The molecule has 0 saturated heterocycles. The molecule has 0 radical (unpaired) electrons. The lowest BCUT2D eigenvalue weighted by atomic mass is 9.87. The van der Waals surface area contributed by atoms with Crippen molar-refractivity contribution < 1.29 is 57.0 Å². The monoisotopic (exact) mass is 612 g/mol. The molecule has 3 aromatic rings. The van der Waals surface area contributed by atoms with Gasteiger partial charge in [0.25, 0.3) is 22.6 Å².